The average molecular weight is 345 g/mol. The molecule has 6 unspecified atom stereocenters. The number of hydrogen-bond acceptors (Lipinski definition) is 4. The van der Waals surface area contributed by atoms with Crippen molar-refractivity contribution in [2.75, 3.05) is 20.3 Å². The second-order valence-corrected chi connectivity index (χ2v) is 9.27. The van der Waals surface area contributed by atoms with E-state index in [1.807, 2.05) is 0 Å². The van der Waals surface area contributed by atoms with Crippen LogP contribution in [0.25, 0.3) is 0 Å². The Balaban J connectivity index is 1.78. The van der Waals surface area contributed by atoms with Crippen LogP contribution in [0.1, 0.15) is 58.3 Å². The maximum atomic E-state index is 12.7. The zero-order valence-corrected chi connectivity index (χ0v) is 15.6. The summed E-state index contributed by atoms with van der Waals surface area (Å²) in [6, 6.07) is 0. The van der Waals surface area contributed by atoms with E-state index < -0.39 is 0 Å². The van der Waals surface area contributed by atoms with Crippen LogP contribution in [0.3, 0.4) is 0 Å². The van der Waals surface area contributed by atoms with E-state index in [4.69, 9.17) is 4.74 Å². The lowest BCUT2D eigenvalue weighted by Crippen LogP contribution is -2.67. The van der Waals surface area contributed by atoms with Crippen LogP contribution in [-0.2, 0) is 9.53 Å². The number of esters is 1. The molecule has 4 heteroatoms. The number of carbonyl (C=O) groups is 1. The monoisotopic (exact) mass is 345 g/mol. The SMILES string of the molecule is CCC12CCC3(CO)C(CCC4=C5C(CC4)C(C(=O)OC)CC513)CN2. The summed E-state index contributed by atoms with van der Waals surface area (Å²) in [6.45, 7) is 3.61. The smallest absolute Gasteiger partial charge is 0.309 e. The van der Waals surface area contributed by atoms with Crippen LogP contribution >= 0.6 is 0 Å². The molecule has 25 heavy (non-hydrogen) atoms. The summed E-state index contributed by atoms with van der Waals surface area (Å²) < 4.78 is 5.24. The first-order valence-electron chi connectivity index (χ1n) is 10.3. The number of nitrogens with one attached hydrogen (secondary N) is 1. The van der Waals surface area contributed by atoms with Gasteiger partial charge in [-0.1, -0.05) is 18.1 Å². The maximum absolute atomic E-state index is 12.7. The number of ether oxygens (including phenoxy) is 1. The Morgan fingerprint density at radius 2 is 2.12 bits per heavy atom. The minimum absolute atomic E-state index is 0.00824. The minimum Gasteiger partial charge on any atom is -0.469 e. The second kappa shape index (κ2) is 5.10. The van der Waals surface area contributed by atoms with Crippen LogP contribution in [0.2, 0.25) is 0 Å². The molecule has 1 spiro atoms. The largest absolute Gasteiger partial charge is 0.469 e. The highest BCUT2D eigenvalue weighted by atomic mass is 16.5. The van der Waals surface area contributed by atoms with Gasteiger partial charge in [0.25, 0.3) is 0 Å². The molecule has 4 bridgehead atoms. The van der Waals surface area contributed by atoms with Crippen LogP contribution in [0.15, 0.2) is 11.1 Å². The number of allylic oxidation sites excluding steroid dienone is 1. The molecule has 1 saturated heterocycles. The lowest BCUT2D eigenvalue weighted by atomic mass is 9.50. The number of rotatable bonds is 3. The molecule has 0 radical (unpaired) electrons. The maximum Gasteiger partial charge on any atom is 0.309 e. The molecule has 6 atom stereocenters. The average Bonchev–Trinajstić information content (AvgIpc) is 3.23. The number of carbonyl (C=O) groups excluding carboxylic acids is 1. The highest BCUT2D eigenvalue weighted by molar-refractivity contribution is 5.75. The quantitative estimate of drug-likeness (QED) is 0.610. The van der Waals surface area contributed by atoms with Crippen LogP contribution < -0.4 is 5.32 Å². The van der Waals surface area contributed by atoms with Gasteiger partial charge in [0.05, 0.1) is 13.0 Å². The van der Waals surface area contributed by atoms with Gasteiger partial charge in [0.15, 0.2) is 0 Å². The van der Waals surface area contributed by atoms with Crippen LogP contribution in [0.4, 0.5) is 0 Å². The van der Waals surface area contributed by atoms with Gasteiger partial charge in [0.2, 0.25) is 0 Å². The molecule has 2 N–H and O–H groups in total. The highest BCUT2D eigenvalue weighted by Crippen LogP contribution is 2.78. The number of piperidine rings is 1. The van der Waals surface area contributed by atoms with Gasteiger partial charge in [0, 0.05) is 23.0 Å². The summed E-state index contributed by atoms with van der Waals surface area (Å²) in [5, 5.41) is 14.7. The zero-order valence-electron chi connectivity index (χ0n) is 15.6. The molecule has 5 rings (SSSR count). The highest BCUT2D eigenvalue weighted by Gasteiger charge is 2.77. The van der Waals surface area contributed by atoms with Gasteiger partial charge >= 0.3 is 5.97 Å². The topological polar surface area (TPSA) is 58.6 Å². The molecule has 0 amide bonds. The van der Waals surface area contributed by atoms with Crippen molar-refractivity contribution >= 4 is 5.97 Å². The third-order valence-corrected chi connectivity index (χ3v) is 9.30. The van der Waals surface area contributed by atoms with Crippen molar-refractivity contribution < 1.29 is 14.6 Å². The van der Waals surface area contributed by atoms with Crippen LogP contribution in [0.5, 0.6) is 0 Å². The molecular formula is C21H31NO3. The number of aliphatic hydroxyl groups is 1. The van der Waals surface area contributed by atoms with Gasteiger partial charge in [-0.15, -0.1) is 0 Å². The Morgan fingerprint density at radius 1 is 1.32 bits per heavy atom. The van der Waals surface area contributed by atoms with Crippen molar-refractivity contribution in [1.82, 2.24) is 5.32 Å². The molecule has 0 aromatic carbocycles. The van der Waals surface area contributed by atoms with Gasteiger partial charge in [-0.2, -0.15) is 0 Å². The Morgan fingerprint density at radius 3 is 2.84 bits per heavy atom. The third kappa shape index (κ3) is 1.57. The number of aliphatic hydroxyl groups excluding tert-OH is 1. The fourth-order valence-electron chi connectivity index (χ4n) is 8.38. The minimum atomic E-state index is -0.0310. The van der Waals surface area contributed by atoms with Crippen molar-refractivity contribution in [3.63, 3.8) is 0 Å². The number of hydrogen-bond donors (Lipinski definition) is 2. The summed E-state index contributed by atoms with van der Waals surface area (Å²) in [4.78, 5) is 12.7. The van der Waals surface area contributed by atoms with E-state index in [9.17, 15) is 9.90 Å². The lowest BCUT2D eigenvalue weighted by Gasteiger charge is -2.60. The van der Waals surface area contributed by atoms with Crippen molar-refractivity contribution in [2.45, 2.75) is 63.8 Å². The molecule has 4 nitrogen and oxygen atoms in total. The van der Waals surface area contributed by atoms with E-state index in [0.29, 0.717) is 11.8 Å². The van der Waals surface area contributed by atoms with Crippen LogP contribution in [-0.4, -0.2) is 36.9 Å². The van der Waals surface area contributed by atoms with Gasteiger partial charge in [-0.25, -0.2) is 0 Å². The first-order chi connectivity index (χ1) is 12.1. The van der Waals surface area contributed by atoms with Crippen molar-refractivity contribution in [2.24, 2.45) is 28.6 Å². The molecular weight excluding hydrogens is 314 g/mol. The number of methoxy groups -OCH3 is 1. The molecule has 0 aromatic rings. The Kier molecular flexibility index (Phi) is 3.33. The van der Waals surface area contributed by atoms with Gasteiger partial charge in [-0.05, 0) is 69.7 Å². The van der Waals surface area contributed by atoms with Crippen molar-refractivity contribution in [3.05, 3.63) is 11.1 Å². The Hall–Kier alpha value is -0.870. The van der Waals surface area contributed by atoms with Crippen molar-refractivity contribution in [3.8, 4) is 0 Å². The Bertz CT molecular complexity index is 658. The molecule has 3 fully saturated rings. The lowest BCUT2D eigenvalue weighted by molar-refractivity contribution is -0.148. The van der Waals surface area contributed by atoms with E-state index in [0.717, 1.165) is 45.1 Å². The molecule has 0 aromatic heterocycles. The standard InChI is InChI=1S/C21H31NO3/c1-3-20-9-8-19(12-23)14(11-22-20)6-4-13-5-7-15-16(18(24)25-2)10-21(19,20)17(13)15/h14-16,22-23H,3-12H2,1-2H3. The fourth-order valence-corrected chi connectivity index (χ4v) is 8.38. The van der Waals surface area contributed by atoms with E-state index in [1.165, 1.54) is 20.0 Å². The summed E-state index contributed by atoms with van der Waals surface area (Å²) in [7, 11) is 1.53. The summed E-state index contributed by atoms with van der Waals surface area (Å²) >= 11 is 0. The fraction of sp³-hybridized carbons (Fsp3) is 0.857. The summed E-state index contributed by atoms with van der Waals surface area (Å²) in [6.07, 6.45) is 8.85. The van der Waals surface area contributed by atoms with Gasteiger partial charge in [0.1, 0.15) is 0 Å². The Labute approximate surface area is 150 Å². The van der Waals surface area contributed by atoms with E-state index >= 15 is 0 Å². The van der Waals surface area contributed by atoms with Gasteiger partial charge in [-0.3, -0.25) is 4.79 Å². The summed E-state index contributed by atoms with van der Waals surface area (Å²) in [5.41, 5.74) is 3.24. The normalized spacial score (nSPS) is 50.0. The first-order valence-corrected chi connectivity index (χ1v) is 10.3. The van der Waals surface area contributed by atoms with E-state index in [2.05, 4.69) is 12.2 Å². The molecule has 5 aliphatic rings. The van der Waals surface area contributed by atoms with Gasteiger partial charge < -0.3 is 15.2 Å². The van der Waals surface area contributed by atoms with Crippen LogP contribution in [0, 0.1) is 28.6 Å². The second-order valence-electron chi connectivity index (χ2n) is 9.27. The zero-order chi connectivity index (χ0) is 17.4. The van der Waals surface area contributed by atoms with Crippen molar-refractivity contribution in [1.29, 1.82) is 0 Å². The summed E-state index contributed by atoms with van der Waals surface area (Å²) in [5.74, 6) is 0.853. The molecule has 4 aliphatic carbocycles. The third-order valence-electron chi connectivity index (χ3n) is 9.30. The molecule has 2 saturated carbocycles. The first kappa shape index (κ1) is 16.3. The molecule has 1 aliphatic heterocycles. The molecule has 138 valence electrons. The predicted octanol–water partition coefficient (Wildman–Crippen LogP) is 2.81. The van der Waals surface area contributed by atoms with E-state index in [-0.39, 0.29) is 34.9 Å². The predicted molar refractivity (Wildman–Crippen MR) is 94.8 cm³/mol. The van der Waals surface area contributed by atoms with E-state index in [1.54, 1.807) is 11.1 Å². The molecule has 1 heterocycles.